The number of halogens is 2. The fourth-order valence-electron chi connectivity index (χ4n) is 2.11. The predicted octanol–water partition coefficient (Wildman–Crippen LogP) is 3.80. The van der Waals surface area contributed by atoms with Crippen molar-refractivity contribution in [2.45, 2.75) is 11.5 Å². The molecule has 1 amide bonds. The molecule has 0 aliphatic carbocycles. The number of hydrogen-bond donors (Lipinski definition) is 1. The van der Waals surface area contributed by atoms with Crippen LogP contribution in [0.2, 0.25) is 0 Å². The van der Waals surface area contributed by atoms with Crippen molar-refractivity contribution in [3.05, 3.63) is 63.9 Å². The molecule has 0 saturated heterocycles. The van der Waals surface area contributed by atoms with Gasteiger partial charge in [0.1, 0.15) is 12.4 Å². The SMILES string of the molecule is COCCNC(=O)CSc1ccccc1C(=O)OCc1ccc(F)cc1Br. The molecule has 0 heterocycles. The molecule has 0 radical (unpaired) electrons. The van der Waals surface area contributed by atoms with E-state index in [2.05, 4.69) is 21.2 Å². The summed E-state index contributed by atoms with van der Waals surface area (Å²) in [7, 11) is 1.56. The van der Waals surface area contributed by atoms with Gasteiger partial charge in [0.15, 0.2) is 0 Å². The number of nitrogens with one attached hydrogen (secondary N) is 1. The van der Waals surface area contributed by atoms with Crippen LogP contribution in [-0.4, -0.2) is 37.9 Å². The van der Waals surface area contributed by atoms with E-state index in [1.54, 1.807) is 37.4 Å². The summed E-state index contributed by atoms with van der Waals surface area (Å²) in [4.78, 5) is 24.9. The molecule has 8 heteroatoms. The van der Waals surface area contributed by atoms with Gasteiger partial charge in [0, 0.05) is 28.6 Å². The molecule has 0 aliphatic heterocycles. The largest absolute Gasteiger partial charge is 0.457 e. The number of thioether (sulfide) groups is 1. The van der Waals surface area contributed by atoms with Crippen molar-refractivity contribution in [1.29, 1.82) is 0 Å². The lowest BCUT2D eigenvalue weighted by Gasteiger charge is -2.10. The second-order valence-electron chi connectivity index (χ2n) is 5.44. The zero-order chi connectivity index (χ0) is 19.6. The zero-order valence-electron chi connectivity index (χ0n) is 14.7. The van der Waals surface area contributed by atoms with Crippen molar-refractivity contribution in [2.24, 2.45) is 0 Å². The van der Waals surface area contributed by atoms with Gasteiger partial charge in [0.2, 0.25) is 5.91 Å². The Morgan fingerprint density at radius 2 is 2.00 bits per heavy atom. The summed E-state index contributed by atoms with van der Waals surface area (Å²) in [6.07, 6.45) is 0. The van der Waals surface area contributed by atoms with E-state index >= 15 is 0 Å². The Balaban J connectivity index is 1.95. The van der Waals surface area contributed by atoms with Gasteiger partial charge >= 0.3 is 5.97 Å². The highest BCUT2D eigenvalue weighted by Gasteiger charge is 2.15. The summed E-state index contributed by atoms with van der Waals surface area (Å²) in [5, 5.41) is 2.72. The van der Waals surface area contributed by atoms with E-state index in [9.17, 15) is 14.0 Å². The number of rotatable bonds is 9. The lowest BCUT2D eigenvalue weighted by atomic mass is 10.2. The van der Waals surface area contributed by atoms with E-state index in [1.807, 2.05) is 0 Å². The average molecular weight is 456 g/mol. The van der Waals surface area contributed by atoms with Gasteiger partial charge in [0.25, 0.3) is 0 Å². The standard InChI is InChI=1S/C19H19BrFNO4S/c1-25-9-8-22-18(23)12-27-17-5-3-2-4-15(17)19(24)26-11-13-6-7-14(21)10-16(13)20/h2-7,10H,8-9,11-12H2,1H3,(H,22,23). The second kappa shape index (κ2) is 11.1. The maximum Gasteiger partial charge on any atom is 0.339 e. The number of carbonyl (C=O) groups excluding carboxylic acids is 2. The van der Waals surface area contributed by atoms with Crippen LogP contribution >= 0.6 is 27.7 Å². The molecule has 2 aromatic rings. The van der Waals surface area contributed by atoms with Gasteiger partial charge in [-0.15, -0.1) is 11.8 Å². The Hall–Kier alpha value is -1.90. The normalized spacial score (nSPS) is 10.5. The summed E-state index contributed by atoms with van der Waals surface area (Å²) in [5.41, 5.74) is 1.04. The molecule has 0 fully saturated rings. The van der Waals surface area contributed by atoms with Crippen LogP contribution in [-0.2, 0) is 20.9 Å². The van der Waals surface area contributed by atoms with Crippen LogP contribution in [0.4, 0.5) is 4.39 Å². The Morgan fingerprint density at radius 1 is 1.22 bits per heavy atom. The van der Waals surface area contributed by atoms with Crippen LogP contribution in [0, 0.1) is 5.82 Å². The fraction of sp³-hybridized carbons (Fsp3) is 0.263. The third kappa shape index (κ3) is 6.97. The number of amides is 1. The van der Waals surface area contributed by atoms with Gasteiger partial charge in [-0.2, -0.15) is 0 Å². The molecule has 0 aliphatic rings. The van der Waals surface area contributed by atoms with Crippen LogP contribution < -0.4 is 5.32 Å². The molecule has 1 N–H and O–H groups in total. The lowest BCUT2D eigenvalue weighted by molar-refractivity contribution is -0.118. The lowest BCUT2D eigenvalue weighted by Crippen LogP contribution is -2.28. The maximum absolute atomic E-state index is 13.1. The first-order valence-electron chi connectivity index (χ1n) is 8.09. The van der Waals surface area contributed by atoms with Gasteiger partial charge in [-0.05, 0) is 24.3 Å². The molecule has 0 spiro atoms. The molecule has 0 aromatic heterocycles. The molecule has 2 aromatic carbocycles. The van der Waals surface area contributed by atoms with Crippen LogP contribution in [0.15, 0.2) is 51.8 Å². The summed E-state index contributed by atoms with van der Waals surface area (Å²) in [5.74, 6) is -0.843. The van der Waals surface area contributed by atoms with Crippen LogP contribution in [0.5, 0.6) is 0 Å². The molecule has 144 valence electrons. The third-order valence-corrected chi connectivity index (χ3v) is 5.28. The highest BCUT2D eigenvalue weighted by Crippen LogP contribution is 2.24. The van der Waals surface area contributed by atoms with Crippen LogP contribution in [0.25, 0.3) is 0 Å². The fourth-order valence-corrected chi connectivity index (χ4v) is 3.44. The first kappa shape index (κ1) is 21.4. The quantitative estimate of drug-likeness (QED) is 0.353. The monoisotopic (exact) mass is 455 g/mol. The van der Waals surface area contributed by atoms with Crippen molar-refractivity contribution < 1.29 is 23.5 Å². The van der Waals surface area contributed by atoms with Crippen LogP contribution in [0.1, 0.15) is 15.9 Å². The molecule has 0 bridgehead atoms. The van der Waals surface area contributed by atoms with Gasteiger partial charge in [0.05, 0.1) is 17.9 Å². The van der Waals surface area contributed by atoms with E-state index in [4.69, 9.17) is 9.47 Å². The summed E-state index contributed by atoms with van der Waals surface area (Å²) in [6.45, 7) is 0.889. The molecule has 0 atom stereocenters. The second-order valence-corrected chi connectivity index (χ2v) is 7.31. The van der Waals surface area contributed by atoms with E-state index in [1.165, 1.54) is 23.9 Å². The Bertz CT molecular complexity index is 803. The average Bonchev–Trinajstić information content (AvgIpc) is 2.66. The zero-order valence-corrected chi connectivity index (χ0v) is 17.1. The molecule has 27 heavy (non-hydrogen) atoms. The molecule has 5 nitrogen and oxygen atoms in total. The highest BCUT2D eigenvalue weighted by molar-refractivity contribution is 9.10. The minimum absolute atomic E-state index is 0.0101. The van der Waals surface area contributed by atoms with Gasteiger partial charge < -0.3 is 14.8 Å². The topological polar surface area (TPSA) is 64.6 Å². The number of methoxy groups -OCH3 is 1. The van der Waals surface area contributed by atoms with Crippen molar-refractivity contribution in [1.82, 2.24) is 5.32 Å². The minimum atomic E-state index is -0.505. The smallest absolute Gasteiger partial charge is 0.339 e. The first-order chi connectivity index (χ1) is 13.0. The maximum atomic E-state index is 13.1. The Labute approximate surface area is 169 Å². The Morgan fingerprint density at radius 3 is 2.74 bits per heavy atom. The third-order valence-electron chi connectivity index (χ3n) is 3.47. The van der Waals surface area contributed by atoms with Gasteiger partial charge in [-0.25, -0.2) is 9.18 Å². The highest BCUT2D eigenvalue weighted by atomic mass is 79.9. The van der Waals surface area contributed by atoms with Crippen molar-refractivity contribution in [3.63, 3.8) is 0 Å². The van der Waals surface area contributed by atoms with Crippen molar-refractivity contribution in [2.75, 3.05) is 26.0 Å². The minimum Gasteiger partial charge on any atom is -0.457 e. The first-order valence-corrected chi connectivity index (χ1v) is 9.87. The molecular formula is C19H19BrFNO4S. The molecule has 2 rings (SSSR count). The molecule has 0 unspecified atom stereocenters. The number of benzene rings is 2. The van der Waals surface area contributed by atoms with Gasteiger partial charge in [-0.1, -0.05) is 34.1 Å². The molecule has 0 saturated carbocycles. The number of carbonyl (C=O) groups is 2. The number of esters is 1. The van der Waals surface area contributed by atoms with Gasteiger partial charge in [-0.3, -0.25) is 4.79 Å². The summed E-state index contributed by atoms with van der Waals surface area (Å²) < 4.78 is 23.9. The van der Waals surface area contributed by atoms with Crippen molar-refractivity contribution in [3.8, 4) is 0 Å². The molecular weight excluding hydrogens is 437 g/mol. The van der Waals surface area contributed by atoms with Crippen molar-refractivity contribution >= 4 is 39.6 Å². The van der Waals surface area contributed by atoms with Crippen LogP contribution in [0.3, 0.4) is 0 Å². The summed E-state index contributed by atoms with van der Waals surface area (Å²) >= 11 is 4.50. The Kier molecular flexibility index (Phi) is 8.77. The van der Waals surface area contributed by atoms with E-state index in [-0.39, 0.29) is 24.1 Å². The van der Waals surface area contributed by atoms with E-state index < -0.39 is 5.97 Å². The van der Waals surface area contributed by atoms with E-state index in [0.717, 1.165) is 0 Å². The predicted molar refractivity (Wildman–Crippen MR) is 105 cm³/mol. The number of hydrogen-bond acceptors (Lipinski definition) is 5. The van der Waals surface area contributed by atoms with E-state index in [0.29, 0.717) is 33.6 Å². The summed E-state index contributed by atoms with van der Waals surface area (Å²) in [6, 6.07) is 11.1. The number of ether oxygens (including phenoxy) is 2.